The van der Waals surface area contributed by atoms with E-state index >= 15 is 0 Å². The second-order valence-electron chi connectivity index (χ2n) is 6.96. The first-order valence-corrected chi connectivity index (χ1v) is 10.8. The average Bonchev–Trinajstić information content (AvgIpc) is 3.28. The first-order valence-electron chi connectivity index (χ1n) is 9.88. The summed E-state index contributed by atoms with van der Waals surface area (Å²) in [4.78, 5) is 4.57. The van der Waals surface area contributed by atoms with Gasteiger partial charge in [0.25, 0.3) is 0 Å². The Hall–Kier alpha value is -3.64. The Kier molecular flexibility index (Phi) is 6.59. The molecule has 4 aromatic rings. The number of ether oxygens (including phenoxy) is 2. The highest BCUT2D eigenvalue weighted by atomic mass is 32.1. The topological polar surface area (TPSA) is 55.7 Å². The minimum Gasteiger partial charge on any atom is -0.493 e. The van der Waals surface area contributed by atoms with Crippen molar-refractivity contribution in [2.45, 2.75) is 13.5 Å². The third kappa shape index (κ3) is 5.49. The molecule has 0 spiro atoms. The summed E-state index contributed by atoms with van der Waals surface area (Å²) in [5, 5.41) is 7.07. The molecular weight excluding hydrogens is 406 g/mol. The van der Waals surface area contributed by atoms with Gasteiger partial charge in [-0.15, -0.1) is 11.3 Å². The van der Waals surface area contributed by atoms with Crippen LogP contribution in [0.25, 0.3) is 11.3 Å². The molecule has 0 aliphatic carbocycles. The first kappa shape index (κ1) is 20.6. The van der Waals surface area contributed by atoms with Crippen LogP contribution in [0.3, 0.4) is 0 Å². The molecule has 4 rings (SSSR count). The van der Waals surface area contributed by atoms with Gasteiger partial charge in [0.2, 0.25) is 5.13 Å². The van der Waals surface area contributed by atoms with Crippen LogP contribution in [0.15, 0.2) is 83.3 Å². The Balaban J connectivity index is 1.41. The molecule has 5 nitrogen and oxygen atoms in total. The molecule has 156 valence electrons. The summed E-state index contributed by atoms with van der Waals surface area (Å²) in [5.41, 5.74) is 8.24. The Morgan fingerprint density at radius 1 is 1.00 bits per heavy atom. The molecule has 1 N–H and O–H groups in total. The van der Waals surface area contributed by atoms with Crippen molar-refractivity contribution in [1.29, 1.82) is 0 Å². The standard InChI is InChI=1S/C25H23N3O2S/c1-18-8-10-19(11-9-18)16-30-24-14-20(12-13-23(24)29-2)15-26-28-25-27-22(17-31-25)21-6-4-3-5-7-21/h3-15,17H,16H2,1-2H3,(H,27,28)/b26-15-. The summed E-state index contributed by atoms with van der Waals surface area (Å²) in [6.07, 6.45) is 1.74. The fraction of sp³-hybridized carbons (Fsp3) is 0.120. The lowest BCUT2D eigenvalue weighted by atomic mass is 10.1. The fourth-order valence-electron chi connectivity index (χ4n) is 2.96. The fourth-order valence-corrected chi connectivity index (χ4v) is 3.63. The highest BCUT2D eigenvalue weighted by Gasteiger charge is 2.06. The number of methoxy groups -OCH3 is 1. The summed E-state index contributed by atoms with van der Waals surface area (Å²) < 4.78 is 11.4. The summed E-state index contributed by atoms with van der Waals surface area (Å²) >= 11 is 1.51. The van der Waals surface area contributed by atoms with Gasteiger partial charge in [-0.3, -0.25) is 5.43 Å². The van der Waals surface area contributed by atoms with Gasteiger partial charge in [-0.2, -0.15) is 5.10 Å². The maximum atomic E-state index is 5.99. The number of nitrogens with one attached hydrogen (secondary N) is 1. The monoisotopic (exact) mass is 429 g/mol. The molecule has 0 radical (unpaired) electrons. The van der Waals surface area contributed by atoms with Gasteiger partial charge in [0, 0.05) is 10.9 Å². The Bertz CT molecular complexity index is 1160. The molecule has 0 saturated carbocycles. The van der Waals surface area contributed by atoms with E-state index in [-0.39, 0.29) is 0 Å². The molecule has 0 fully saturated rings. The third-order valence-electron chi connectivity index (χ3n) is 4.65. The van der Waals surface area contributed by atoms with Gasteiger partial charge in [-0.05, 0) is 36.2 Å². The van der Waals surface area contributed by atoms with Crippen LogP contribution in [0, 0.1) is 6.92 Å². The number of aromatic nitrogens is 1. The van der Waals surface area contributed by atoms with Gasteiger partial charge in [0.1, 0.15) is 6.61 Å². The molecule has 0 bridgehead atoms. The van der Waals surface area contributed by atoms with E-state index in [4.69, 9.17) is 9.47 Å². The molecule has 0 atom stereocenters. The van der Waals surface area contributed by atoms with E-state index in [0.29, 0.717) is 18.1 Å². The number of rotatable bonds is 8. The molecular formula is C25H23N3O2S. The maximum Gasteiger partial charge on any atom is 0.203 e. The highest BCUT2D eigenvalue weighted by Crippen LogP contribution is 2.29. The van der Waals surface area contributed by atoms with Crippen molar-refractivity contribution in [2.75, 3.05) is 12.5 Å². The number of nitrogens with zero attached hydrogens (tertiary/aromatic N) is 2. The number of anilines is 1. The first-order chi connectivity index (χ1) is 15.2. The molecule has 0 aliphatic rings. The normalized spacial score (nSPS) is 10.9. The largest absolute Gasteiger partial charge is 0.493 e. The molecule has 0 amide bonds. The van der Waals surface area contributed by atoms with E-state index in [9.17, 15) is 0 Å². The molecule has 0 unspecified atom stereocenters. The minimum absolute atomic E-state index is 0.469. The molecule has 1 aromatic heterocycles. The van der Waals surface area contributed by atoms with Crippen molar-refractivity contribution in [3.05, 3.63) is 94.9 Å². The predicted octanol–water partition coefficient (Wildman–Crippen LogP) is 6.15. The van der Waals surface area contributed by atoms with Crippen LogP contribution in [0.1, 0.15) is 16.7 Å². The lowest BCUT2D eigenvalue weighted by Gasteiger charge is -2.11. The highest BCUT2D eigenvalue weighted by molar-refractivity contribution is 7.14. The van der Waals surface area contributed by atoms with Crippen LogP contribution in [0.2, 0.25) is 0 Å². The molecule has 1 heterocycles. The van der Waals surface area contributed by atoms with Crippen LogP contribution in [-0.4, -0.2) is 18.3 Å². The van der Waals surface area contributed by atoms with E-state index in [0.717, 1.165) is 27.5 Å². The zero-order valence-corrected chi connectivity index (χ0v) is 18.2. The van der Waals surface area contributed by atoms with Gasteiger partial charge in [0.05, 0.1) is 19.0 Å². The number of hydrogen-bond donors (Lipinski definition) is 1. The summed E-state index contributed by atoms with van der Waals surface area (Å²) in [7, 11) is 1.64. The van der Waals surface area contributed by atoms with Crippen LogP contribution < -0.4 is 14.9 Å². The Labute approximate surface area is 186 Å². The van der Waals surface area contributed by atoms with Crippen LogP contribution >= 0.6 is 11.3 Å². The molecule has 0 saturated heterocycles. The Morgan fingerprint density at radius 2 is 1.81 bits per heavy atom. The quantitative estimate of drug-likeness (QED) is 0.269. The Morgan fingerprint density at radius 3 is 2.58 bits per heavy atom. The second-order valence-corrected chi connectivity index (χ2v) is 7.82. The lowest BCUT2D eigenvalue weighted by Crippen LogP contribution is -1.99. The smallest absolute Gasteiger partial charge is 0.203 e. The van der Waals surface area contributed by atoms with Gasteiger partial charge < -0.3 is 9.47 Å². The van der Waals surface area contributed by atoms with Crippen molar-refractivity contribution in [3.63, 3.8) is 0 Å². The molecule has 6 heteroatoms. The van der Waals surface area contributed by atoms with Gasteiger partial charge in [0.15, 0.2) is 11.5 Å². The summed E-state index contributed by atoms with van der Waals surface area (Å²) in [6, 6.07) is 24.1. The van der Waals surface area contributed by atoms with E-state index < -0.39 is 0 Å². The second kappa shape index (κ2) is 9.91. The van der Waals surface area contributed by atoms with E-state index in [1.807, 2.05) is 53.9 Å². The SMILES string of the molecule is COc1ccc(/C=N\Nc2nc(-c3ccccc3)cs2)cc1OCc1ccc(C)cc1. The summed E-state index contributed by atoms with van der Waals surface area (Å²) in [5.74, 6) is 1.36. The van der Waals surface area contributed by atoms with Crippen LogP contribution in [0.5, 0.6) is 11.5 Å². The maximum absolute atomic E-state index is 5.99. The van der Waals surface area contributed by atoms with Gasteiger partial charge in [-0.25, -0.2) is 4.98 Å². The number of hydrogen-bond acceptors (Lipinski definition) is 6. The number of hydrazone groups is 1. The van der Waals surface area contributed by atoms with Gasteiger partial charge in [-0.1, -0.05) is 60.2 Å². The van der Waals surface area contributed by atoms with E-state index in [1.54, 1.807) is 13.3 Å². The predicted molar refractivity (Wildman–Crippen MR) is 127 cm³/mol. The summed E-state index contributed by atoms with van der Waals surface area (Å²) in [6.45, 7) is 2.54. The number of aryl methyl sites for hydroxylation is 1. The number of benzene rings is 3. The van der Waals surface area contributed by atoms with E-state index in [2.05, 4.69) is 46.7 Å². The van der Waals surface area contributed by atoms with Crippen molar-refractivity contribution in [1.82, 2.24) is 4.98 Å². The van der Waals surface area contributed by atoms with E-state index in [1.165, 1.54) is 16.9 Å². The lowest BCUT2D eigenvalue weighted by molar-refractivity contribution is 0.284. The third-order valence-corrected chi connectivity index (χ3v) is 5.40. The zero-order valence-electron chi connectivity index (χ0n) is 17.4. The van der Waals surface area contributed by atoms with Crippen LogP contribution in [-0.2, 0) is 6.61 Å². The number of thiazole rings is 1. The average molecular weight is 430 g/mol. The van der Waals surface area contributed by atoms with Crippen LogP contribution in [0.4, 0.5) is 5.13 Å². The zero-order chi connectivity index (χ0) is 21.5. The van der Waals surface area contributed by atoms with Crippen molar-refractivity contribution >= 4 is 22.7 Å². The van der Waals surface area contributed by atoms with Crippen molar-refractivity contribution < 1.29 is 9.47 Å². The molecule has 3 aromatic carbocycles. The molecule has 31 heavy (non-hydrogen) atoms. The minimum atomic E-state index is 0.469. The van der Waals surface area contributed by atoms with Crippen molar-refractivity contribution in [3.8, 4) is 22.8 Å². The van der Waals surface area contributed by atoms with Crippen molar-refractivity contribution in [2.24, 2.45) is 5.10 Å². The molecule has 0 aliphatic heterocycles. The van der Waals surface area contributed by atoms with Gasteiger partial charge >= 0.3 is 0 Å².